The second-order valence-corrected chi connectivity index (χ2v) is 13.4. The van der Waals surface area contributed by atoms with Gasteiger partial charge in [0.25, 0.3) is 8.32 Å². The molecular weight excluding hydrogens is 318 g/mol. The van der Waals surface area contributed by atoms with Gasteiger partial charge in [-0.1, -0.05) is 20.8 Å². The van der Waals surface area contributed by atoms with Crippen molar-refractivity contribution in [3.63, 3.8) is 0 Å². The minimum atomic E-state index is -3.51. The number of nitrogen functional groups attached to an aromatic ring is 1. The number of rotatable bonds is 6. The molecule has 0 fully saturated rings. The van der Waals surface area contributed by atoms with E-state index in [0.717, 1.165) is 0 Å². The fourth-order valence-electron chi connectivity index (χ4n) is 1.52. The number of hydrogen-bond donors (Lipinski definition) is 3. The van der Waals surface area contributed by atoms with E-state index in [0.29, 0.717) is 17.1 Å². The molecule has 22 heavy (non-hydrogen) atoms. The molecule has 1 rings (SSSR count). The average Bonchev–Trinajstić information content (AvgIpc) is 2.30. The molecule has 0 saturated heterocycles. The van der Waals surface area contributed by atoms with Gasteiger partial charge in [0.1, 0.15) is 5.75 Å². The first kappa shape index (κ1) is 18.8. The van der Waals surface area contributed by atoms with Crippen LogP contribution in [0.4, 0.5) is 11.4 Å². The van der Waals surface area contributed by atoms with E-state index in [1.807, 2.05) is 0 Å². The Hall–Kier alpha value is -1.25. The van der Waals surface area contributed by atoms with E-state index in [1.54, 1.807) is 18.2 Å². The van der Waals surface area contributed by atoms with Gasteiger partial charge in [0.05, 0.1) is 11.4 Å². The minimum absolute atomic E-state index is 0.00178. The Kier molecular flexibility index (Phi) is 5.53. The van der Waals surface area contributed by atoms with Crippen molar-refractivity contribution in [2.45, 2.75) is 38.9 Å². The molecule has 0 aromatic heterocycles. The zero-order valence-electron chi connectivity index (χ0n) is 13.9. The van der Waals surface area contributed by atoms with Crippen LogP contribution in [-0.4, -0.2) is 29.0 Å². The van der Waals surface area contributed by atoms with Gasteiger partial charge in [-0.15, -0.1) is 0 Å². The van der Waals surface area contributed by atoms with Crippen molar-refractivity contribution in [2.24, 2.45) is 5.73 Å². The largest absolute Gasteiger partial charge is 0.542 e. The molecule has 8 heteroatoms. The van der Waals surface area contributed by atoms with Gasteiger partial charge in [-0.05, 0) is 36.3 Å². The van der Waals surface area contributed by atoms with Crippen molar-refractivity contribution in [1.82, 2.24) is 0 Å². The summed E-state index contributed by atoms with van der Waals surface area (Å²) >= 11 is 0. The first-order valence-corrected chi connectivity index (χ1v) is 11.7. The van der Waals surface area contributed by atoms with Crippen molar-refractivity contribution in [1.29, 1.82) is 0 Å². The number of sulfonamides is 1. The van der Waals surface area contributed by atoms with Gasteiger partial charge in [-0.25, -0.2) is 8.42 Å². The molecule has 0 radical (unpaired) electrons. The van der Waals surface area contributed by atoms with Crippen LogP contribution in [0.5, 0.6) is 5.75 Å². The normalized spacial score (nSPS) is 13.0. The van der Waals surface area contributed by atoms with Crippen LogP contribution < -0.4 is 20.6 Å². The van der Waals surface area contributed by atoms with Gasteiger partial charge in [-0.2, -0.15) is 0 Å². The minimum Gasteiger partial charge on any atom is -0.542 e. The summed E-state index contributed by atoms with van der Waals surface area (Å²) in [5, 5.41) is 0.00178. The summed E-state index contributed by atoms with van der Waals surface area (Å²) in [6, 6.07) is 4.97. The Bertz CT molecular complexity index is 625. The van der Waals surface area contributed by atoms with Gasteiger partial charge < -0.3 is 15.9 Å². The van der Waals surface area contributed by atoms with Crippen molar-refractivity contribution >= 4 is 29.7 Å². The van der Waals surface area contributed by atoms with E-state index in [2.05, 4.69) is 38.6 Å². The van der Waals surface area contributed by atoms with E-state index < -0.39 is 18.3 Å². The fraction of sp³-hybridized carbons (Fsp3) is 0.571. The van der Waals surface area contributed by atoms with Crippen LogP contribution in [0.2, 0.25) is 18.1 Å². The molecule has 5 N–H and O–H groups in total. The summed E-state index contributed by atoms with van der Waals surface area (Å²) in [6.45, 7) is 10.6. The Balaban J connectivity index is 3.17. The fourth-order valence-corrected chi connectivity index (χ4v) is 3.46. The first-order chi connectivity index (χ1) is 9.88. The third-order valence-corrected chi connectivity index (χ3v) is 9.47. The molecule has 0 amide bonds. The SMILES string of the molecule is CC(C)(C)[Si](C)(C)Oc1ccc(N)cc1NS(=O)(=O)CCN. The molecule has 0 bridgehead atoms. The summed E-state index contributed by atoms with van der Waals surface area (Å²) in [7, 11) is -5.60. The smallest absolute Gasteiger partial charge is 0.250 e. The van der Waals surface area contributed by atoms with Crippen LogP contribution in [0.1, 0.15) is 20.8 Å². The van der Waals surface area contributed by atoms with Crippen LogP contribution in [0.3, 0.4) is 0 Å². The van der Waals surface area contributed by atoms with Crippen molar-refractivity contribution in [3.05, 3.63) is 18.2 Å². The first-order valence-electron chi connectivity index (χ1n) is 7.17. The molecule has 0 unspecified atom stereocenters. The molecule has 0 spiro atoms. The van der Waals surface area contributed by atoms with Crippen LogP contribution >= 0.6 is 0 Å². The number of anilines is 2. The summed E-state index contributed by atoms with van der Waals surface area (Å²) < 4.78 is 32.6. The van der Waals surface area contributed by atoms with E-state index in [1.165, 1.54) is 0 Å². The zero-order valence-corrected chi connectivity index (χ0v) is 15.8. The lowest BCUT2D eigenvalue weighted by Gasteiger charge is -2.37. The van der Waals surface area contributed by atoms with Crippen LogP contribution in [0.15, 0.2) is 18.2 Å². The summed E-state index contributed by atoms with van der Waals surface area (Å²) in [5.41, 5.74) is 11.9. The van der Waals surface area contributed by atoms with Crippen LogP contribution in [0, 0.1) is 0 Å². The third kappa shape index (κ3) is 4.89. The van der Waals surface area contributed by atoms with Gasteiger partial charge in [-0.3, -0.25) is 4.72 Å². The molecule has 1 aromatic rings. The molecule has 0 aliphatic carbocycles. The third-order valence-electron chi connectivity index (χ3n) is 3.83. The second-order valence-electron chi connectivity index (χ2n) is 6.83. The topological polar surface area (TPSA) is 107 Å². The molecule has 0 aliphatic rings. The van der Waals surface area contributed by atoms with E-state index >= 15 is 0 Å². The van der Waals surface area contributed by atoms with Gasteiger partial charge in [0, 0.05) is 12.2 Å². The number of nitrogens with one attached hydrogen (secondary N) is 1. The second kappa shape index (κ2) is 6.47. The maximum absolute atomic E-state index is 11.9. The zero-order chi connectivity index (χ0) is 17.2. The van der Waals surface area contributed by atoms with Crippen molar-refractivity contribution < 1.29 is 12.8 Å². The molecule has 0 atom stereocenters. The Morgan fingerprint density at radius 3 is 2.36 bits per heavy atom. The van der Waals surface area contributed by atoms with Gasteiger partial charge in [0.15, 0.2) is 0 Å². The van der Waals surface area contributed by atoms with E-state index in [4.69, 9.17) is 15.9 Å². The molecule has 0 aliphatic heterocycles. The molecule has 0 heterocycles. The molecular formula is C14H27N3O3SSi. The predicted molar refractivity (Wildman–Crippen MR) is 95.1 cm³/mol. The van der Waals surface area contributed by atoms with Gasteiger partial charge >= 0.3 is 0 Å². The Labute approximate surface area is 134 Å². The highest BCUT2D eigenvalue weighted by molar-refractivity contribution is 7.92. The summed E-state index contributed by atoms with van der Waals surface area (Å²) in [5.74, 6) is 0.350. The standard InChI is InChI=1S/C14H27N3O3SSi/c1-14(2,3)22(4,5)20-13-7-6-11(16)10-12(13)17-21(18,19)9-8-15/h6-7,10,17H,8-9,15-16H2,1-5H3. The van der Waals surface area contributed by atoms with Gasteiger partial charge in [0.2, 0.25) is 10.0 Å². The maximum atomic E-state index is 11.9. The lowest BCUT2D eigenvalue weighted by atomic mass is 10.2. The lowest BCUT2D eigenvalue weighted by molar-refractivity contribution is 0.494. The van der Waals surface area contributed by atoms with Crippen LogP contribution in [-0.2, 0) is 10.0 Å². The van der Waals surface area contributed by atoms with E-state index in [9.17, 15) is 8.42 Å². The Morgan fingerprint density at radius 2 is 1.86 bits per heavy atom. The number of benzene rings is 1. The van der Waals surface area contributed by atoms with Crippen LogP contribution in [0.25, 0.3) is 0 Å². The average molecular weight is 346 g/mol. The molecule has 6 nitrogen and oxygen atoms in total. The molecule has 0 saturated carbocycles. The monoisotopic (exact) mass is 345 g/mol. The predicted octanol–water partition coefficient (Wildman–Crippen LogP) is 2.35. The quantitative estimate of drug-likeness (QED) is 0.542. The molecule has 126 valence electrons. The van der Waals surface area contributed by atoms with Crippen molar-refractivity contribution in [2.75, 3.05) is 22.8 Å². The summed E-state index contributed by atoms with van der Waals surface area (Å²) in [4.78, 5) is 0. The van der Waals surface area contributed by atoms with Crippen molar-refractivity contribution in [3.8, 4) is 5.75 Å². The van der Waals surface area contributed by atoms with E-state index in [-0.39, 0.29) is 17.3 Å². The highest BCUT2D eigenvalue weighted by atomic mass is 32.2. The Morgan fingerprint density at radius 1 is 1.27 bits per heavy atom. The number of nitrogens with two attached hydrogens (primary N) is 2. The summed E-state index contributed by atoms with van der Waals surface area (Å²) in [6.07, 6.45) is 0. The number of hydrogen-bond acceptors (Lipinski definition) is 5. The highest BCUT2D eigenvalue weighted by Gasteiger charge is 2.39. The maximum Gasteiger partial charge on any atom is 0.250 e. The highest BCUT2D eigenvalue weighted by Crippen LogP contribution is 2.39. The molecule has 1 aromatic carbocycles. The lowest BCUT2D eigenvalue weighted by Crippen LogP contribution is -2.44.